The van der Waals surface area contributed by atoms with E-state index in [9.17, 15) is 22.4 Å². The van der Waals surface area contributed by atoms with Crippen LogP contribution in [0.2, 0.25) is 0 Å². The number of halogens is 1. The molecule has 2 amide bonds. The van der Waals surface area contributed by atoms with Gasteiger partial charge in [0.15, 0.2) is 0 Å². The molecular weight excluding hydrogens is 425 g/mol. The molecule has 2 aromatic carbocycles. The van der Waals surface area contributed by atoms with Gasteiger partial charge in [-0.3, -0.25) is 9.59 Å². The molecule has 1 fully saturated rings. The second kappa shape index (κ2) is 9.99. The zero-order valence-electron chi connectivity index (χ0n) is 17.0. The third-order valence-electron chi connectivity index (χ3n) is 4.92. The monoisotopic (exact) mass is 449 g/mol. The summed E-state index contributed by atoms with van der Waals surface area (Å²) in [6.07, 6.45) is -0.501. The number of ether oxygens (including phenoxy) is 1. The molecule has 8 nitrogen and oxygen atoms in total. The first-order valence-corrected chi connectivity index (χ1v) is 11.2. The molecule has 0 radical (unpaired) electrons. The zero-order chi connectivity index (χ0) is 22.4. The van der Waals surface area contributed by atoms with Crippen molar-refractivity contribution in [2.45, 2.75) is 31.0 Å². The summed E-state index contributed by atoms with van der Waals surface area (Å²) in [6, 6.07) is 11.9. The highest BCUT2D eigenvalue weighted by molar-refractivity contribution is 7.89. The van der Waals surface area contributed by atoms with Crippen molar-refractivity contribution >= 4 is 21.8 Å². The number of carbonyl (C=O) groups excluding carboxylic acids is 2. The summed E-state index contributed by atoms with van der Waals surface area (Å²) in [6.45, 7) is 2.40. The highest BCUT2D eigenvalue weighted by atomic mass is 32.2. The maximum atomic E-state index is 13.2. The van der Waals surface area contributed by atoms with Gasteiger partial charge in [0.05, 0.1) is 18.0 Å². The van der Waals surface area contributed by atoms with Crippen LogP contribution in [-0.4, -0.2) is 50.5 Å². The van der Waals surface area contributed by atoms with Crippen LogP contribution in [0.5, 0.6) is 0 Å². The average Bonchev–Trinajstić information content (AvgIpc) is 2.77. The van der Waals surface area contributed by atoms with E-state index in [0.717, 1.165) is 27.6 Å². The zero-order valence-corrected chi connectivity index (χ0v) is 17.8. The molecule has 0 aliphatic carbocycles. The topological polar surface area (TPSA) is 105 Å². The normalized spacial score (nSPS) is 17.2. The molecule has 1 heterocycles. The number of carbonyl (C=O) groups is 2. The minimum atomic E-state index is -3.96. The Balaban J connectivity index is 1.59. The molecule has 10 heteroatoms. The number of aryl methyl sites for hydroxylation is 1. The Kier molecular flexibility index (Phi) is 7.37. The van der Waals surface area contributed by atoms with Crippen LogP contribution in [0.4, 0.5) is 4.39 Å². The van der Waals surface area contributed by atoms with E-state index in [-0.39, 0.29) is 24.5 Å². The van der Waals surface area contributed by atoms with E-state index in [1.165, 1.54) is 12.1 Å². The Morgan fingerprint density at radius 3 is 2.48 bits per heavy atom. The fraction of sp³-hybridized carbons (Fsp3) is 0.333. The van der Waals surface area contributed by atoms with Crippen LogP contribution in [0.1, 0.15) is 17.5 Å². The molecule has 0 saturated carbocycles. The number of nitrogens with one attached hydrogen (secondary N) is 2. The highest BCUT2D eigenvalue weighted by Crippen LogP contribution is 2.22. The summed E-state index contributed by atoms with van der Waals surface area (Å²) in [5.41, 5.74) is 1.87. The first-order chi connectivity index (χ1) is 14.8. The summed E-state index contributed by atoms with van der Waals surface area (Å²) < 4.78 is 45.6. The lowest BCUT2D eigenvalue weighted by Gasteiger charge is -2.34. The molecule has 31 heavy (non-hydrogen) atoms. The number of hydrogen-bond acceptors (Lipinski definition) is 5. The first kappa shape index (κ1) is 22.9. The van der Waals surface area contributed by atoms with Crippen LogP contribution in [0, 0.1) is 12.7 Å². The Morgan fingerprint density at radius 1 is 1.10 bits per heavy atom. The van der Waals surface area contributed by atoms with E-state index >= 15 is 0 Å². The lowest BCUT2D eigenvalue weighted by molar-refractivity contribution is -0.140. The van der Waals surface area contributed by atoms with Gasteiger partial charge in [0.25, 0.3) is 0 Å². The minimum absolute atomic E-state index is 0.0771. The second-order valence-corrected chi connectivity index (χ2v) is 8.96. The van der Waals surface area contributed by atoms with Crippen LogP contribution >= 0.6 is 0 Å². The van der Waals surface area contributed by atoms with Crippen LogP contribution in [0.15, 0.2) is 53.4 Å². The van der Waals surface area contributed by atoms with Gasteiger partial charge in [-0.1, -0.05) is 24.3 Å². The summed E-state index contributed by atoms with van der Waals surface area (Å²) in [5.74, 6) is -2.26. The molecule has 166 valence electrons. The van der Waals surface area contributed by atoms with Gasteiger partial charge in [0.2, 0.25) is 10.0 Å². The molecule has 0 aromatic heterocycles. The Hall–Kier alpha value is -2.82. The number of nitrogens with zero attached hydrogens (tertiary/aromatic N) is 1. The van der Waals surface area contributed by atoms with E-state index in [0.29, 0.717) is 13.0 Å². The quantitative estimate of drug-likeness (QED) is 0.647. The van der Waals surface area contributed by atoms with E-state index in [1.54, 1.807) is 0 Å². The van der Waals surface area contributed by atoms with Crippen molar-refractivity contribution in [3.8, 4) is 0 Å². The summed E-state index contributed by atoms with van der Waals surface area (Å²) in [7, 11) is -3.96. The van der Waals surface area contributed by atoms with Gasteiger partial charge in [-0.15, -0.1) is 0 Å². The molecule has 2 N–H and O–H groups in total. The molecule has 1 unspecified atom stereocenters. The molecule has 3 rings (SSSR count). The Labute approximate surface area is 180 Å². The number of hydrogen-bond donors (Lipinski definition) is 2. The average molecular weight is 450 g/mol. The van der Waals surface area contributed by atoms with Crippen molar-refractivity contribution in [2.24, 2.45) is 0 Å². The molecular formula is C21H24FN3O5S. The minimum Gasteiger partial charge on any atom is -0.360 e. The standard InChI is InChI=1S/C21H24FN3O5S/c1-15-5-2-3-6-16(15)13-23-20(26)21(27)24-14-19-25(11-4-12-30-19)31(28,29)18-9-7-17(22)8-10-18/h2-3,5-10,19H,4,11-14H2,1H3,(H,23,26)(H,24,27). The summed E-state index contributed by atoms with van der Waals surface area (Å²) in [4.78, 5) is 24.2. The first-order valence-electron chi connectivity index (χ1n) is 9.78. The van der Waals surface area contributed by atoms with Crippen LogP contribution in [0.25, 0.3) is 0 Å². The fourth-order valence-electron chi connectivity index (χ4n) is 3.17. The van der Waals surface area contributed by atoms with Crippen molar-refractivity contribution in [3.05, 3.63) is 65.5 Å². The van der Waals surface area contributed by atoms with Crippen molar-refractivity contribution in [2.75, 3.05) is 19.7 Å². The van der Waals surface area contributed by atoms with Crippen molar-refractivity contribution < 1.29 is 27.1 Å². The van der Waals surface area contributed by atoms with E-state index in [1.807, 2.05) is 31.2 Å². The molecule has 0 bridgehead atoms. The molecule has 1 aliphatic heterocycles. The largest absolute Gasteiger partial charge is 0.360 e. The summed E-state index contributed by atoms with van der Waals surface area (Å²) >= 11 is 0. The molecule has 0 spiro atoms. The van der Waals surface area contributed by atoms with Crippen LogP contribution in [0.3, 0.4) is 0 Å². The van der Waals surface area contributed by atoms with Crippen molar-refractivity contribution in [3.63, 3.8) is 0 Å². The van der Waals surface area contributed by atoms with Gasteiger partial charge in [0, 0.05) is 13.1 Å². The van der Waals surface area contributed by atoms with E-state index < -0.39 is 33.9 Å². The second-order valence-electron chi connectivity index (χ2n) is 7.07. The number of sulfonamides is 1. The van der Waals surface area contributed by atoms with Gasteiger partial charge < -0.3 is 15.4 Å². The highest BCUT2D eigenvalue weighted by Gasteiger charge is 2.35. The van der Waals surface area contributed by atoms with E-state index in [4.69, 9.17) is 4.74 Å². The van der Waals surface area contributed by atoms with Gasteiger partial charge >= 0.3 is 11.8 Å². The number of rotatable bonds is 6. The smallest absolute Gasteiger partial charge is 0.309 e. The Bertz CT molecular complexity index is 1040. The maximum Gasteiger partial charge on any atom is 0.309 e. The lowest BCUT2D eigenvalue weighted by Crippen LogP contribution is -2.53. The third-order valence-corrected chi connectivity index (χ3v) is 6.82. The SMILES string of the molecule is Cc1ccccc1CNC(=O)C(=O)NCC1OCCCN1S(=O)(=O)c1ccc(F)cc1. The number of benzene rings is 2. The van der Waals surface area contributed by atoms with Gasteiger partial charge in [-0.25, -0.2) is 12.8 Å². The van der Waals surface area contributed by atoms with Crippen LogP contribution < -0.4 is 10.6 Å². The Morgan fingerprint density at radius 2 is 1.77 bits per heavy atom. The van der Waals surface area contributed by atoms with Crippen molar-refractivity contribution in [1.82, 2.24) is 14.9 Å². The third kappa shape index (κ3) is 5.66. The van der Waals surface area contributed by atoms with E-state index in [2.05, 4.69) is 10.6 Å². The molecule has 1 saturated heterocycles. The summed E-state index contributed by atoms with van der Waals surface area (Å²) in [5, 5.41) is 4.96. The fourth-order valence-corrected chi connectivity index (χ4v) is 4.73. The molecule has 1 aliphatic rings. The van der Waals surface area contributed by atoms with Gasteiger partial charge in [-0.2, -0.15) is 4.31 Å². The molecule has 1 atom stereocenters. The van der Waals surface area contributed by atoms with Gasteiger partial charge in [0.1, 0.15) is 12.0 Å². The van der Waals surface area contributed by atoms with Crippen LogP contribution in [-0.2, 0) is 30.9 Å². The van der Waals surface area contributed by atoms with Crippen molar-refractivity contribution in [1.29, 1.82) is 0 Å². The predicted molar refractivity (Wildman–Crippen MR) is 111 cm³/mol. The maximum absolute atomic E-state index is 13.2. The van der Waals surface area contributed by atoms with Gasteiger partial charge in [-0.05, 0) is 48.7 Å². The number of amides is 2. The molecule has 2 aromatic rings. The predicted octanol–water partition coefficient (Wildman–Crippen LogP) is 1.30. The lowest BCUT2D eigenvalue weighted by atomic mass is 10.1.